The number of fused-ring (bicyclic) bond motifs is 1. The molecule has 2 rings (SSSR count). The highest BCUT2D eigenvalue weighted by atomic mass is 16.3. The van der Waals surface area contributed by atoms with Crippen molar-refractivity contribution in [2.24, 2.45) is 11.5 Å². The second-order valence-corrected chi connectivity index (χ2v) is 7.13. The van der Waals surface area contributed by atoms with Crippen molar-refractivity contribution < 1.29 is 19.4 Å². The summed E-state index contributed by atoms with van der Waals surface area (Å²) in [6.45, 7) is 1.03. The smallest absolute Gasteiger partial charge is 0.237 e. The summed E-state index contributed by atoms with van der Waals surface area (Å²) in [6.07, 6.45) is 10.2. The SMILES string of the molecule is NCCCC[C@@H](C=O)Nn1ccc2cc(CO)[n+](N[C@H](C=O)CCCCN)cc21. The summed E-state index contributed by atoms with van der Waals surface area (Å²) in [7, 11) is 0. The number of aromatic nitrogens is 2. The number of aliphatic hydroxyl groups is 1. The Morgan fingerprint density at radius 2 is 1.72 bits per heavy atom. The van der Waals surface area contributed by atoms with E-state index in [-0.39, 0.29) is 18.7 Å². The molecule has 0 aromatic carbocycles. The van der Waals surface area contributed by atoms with Crippen LogP contribution in [0.3, 0.4) is 0 Å². The number of nitrogens with zero attached hydrogens (tertiary/aromatic N) is 2. The van der Waals surface area contributed by atoms with Gasteiger partial charge in [-0.05, 0) is 57.7 Å². The van der Waals surface area contributed by atoms with Crippen LogP contribution in [0.4, 0.5) is 0 Å². The lowest BCUT2D eigenvalue weighted by atomic mass is 10.1. The fourth-order valence-electron chi connectivity index (χ4n) is 3.23. The van der Waals surface area contributed by atoms with Gasteiger partial charge in [-0.25, -0.2) is 0 Å². The third-order valence-corrected chi connectivity index (χ3v) is 4.88. The zero-order valence-corrected chi connectivity index (χ0v) is 16.8. The largest absolute Gasteiger partial charge is 0.385 e. The predicted molar refractivity (Wildman–Crippen MR) is 112 cm³/mol. The molecule has 0 aliphatic carbocycles. The molecular formula is C20H33N6O3+. The van der Waals surface area contributed by atoms with Crippen LogP contribution < -0.4 is 27.0 Å². The maximum Gasteiger partial charge on any atom is 0.237 e. The molecule has 0 saturated carbocycles. The van der Waals surface area contributed by atoms with Gasteiger partial charge in [-0.2, -0.15) is 5.43 Å². The van der Waals surface area contributed by atoms with Gasteiger partial charge in [0.1, 0.15) is 30.7 Å². The number of hydrogen-bond donors (Lipinski definition) is 5. The summed E-state index contributed by atoms with van der Waals surface area (Å²) < 4.78 is 3.47. The minimum Gasteiger partial charge on any atom is -0.385 e. The molecule has 0 saturated heterocycles. The Kier molecular flexibility index (Phi) is 9.55. The number of aliphatic hydroxyl groups excluding tert-OH is 1. The van der Waals surface area contributed by atoms with Crippen LogP contribution in [0, 0.1) is 0 Å². The van der Waals surface area contributed by atoms with Gasteiger partial charge in [-0.15, -0.1) is 0 Å². The number of carbonyl (C=O) groups is 2. The van der Waals surface area contributed by atoms with Crippen molar-refractivity contribution in [2.45, 2.75) is 57.2 Å². The molecule has 0 spiro atoms. The van der Waals surface area contributed by atoms with Crippen molar-refractivity contribution in [2.75, 3.05) is 23.9 Å². The van der Waals surface area contributed by atoms with Crippen molar-refractivity contribution in [3.05, 3.63) is 30.2 Å². The van der Waals surface area contributed by atoms with Crippen LogP contribution >= 0.6 is 0 Å². The fraction of sp³-hybridized carbons (Fsp3) is 0.550. The Hall–Kier alpha value is -2.49. The topological polar surface area (TPSA) is 139 Å². The molecule has 2 aromatic rings. The Bertz CT molecular complexity index is 779. The van der Waals surface area contributed by atoms with Crippen molar-refractivity contribution in [3.63, 3.8) is 0 Å². The minimum atomic E-state index is -0.385. The highest BCUT2D eigenvalue weighted by Crippen LogP contribution is 2.15. The number of unbranched alkanes of at least 4 members (excludes halogenated alkanes) is 2. The van der Waals surface area contributed by atoms with Crippen molar-refractivity contribution in [1.82, 2.24) is 4.68 Å². The third-order valence-electron chi connectivity index (χ3n) is 4.88. The Morgan fingerprint density at radius 3 is 2.31 bits per heavy atom. The van der Waals surface area contributed by atoms with Gasteiger partial charge in [0.05, 0.1) is 6.04 Å². The molecule has 0 fully saturated rings. The van der Waals surface area contributed by atoms with E-state index in [4.69, 9.17) is 11.5 Å². The molecule has 0 aliphatic rings. The number of hydrogen-bond acceptors (Lipinski definition) is 7. The fourth-order valence-corrected chi connectivity index (χ4v) is 3.23. The standard InChI is InChI=1S/C20H33N6O3/c21-8-3-1-5-17(13-27)23-25-10-7-16-11-19(15-29)26(12-20(16)25)24-18(14-28)6-2-4-9-22/h7,10-14,17-18,23-24,29H,1-6,8-9,15,21-22H2/q+1/t17-,18-/m0/s1. The van der Waals surface area contributed by atoms with E-state index in [2.05, 4.69) is 10.9 Å². The van der Waals surface area contributed by atoms with Gasteiger partial charge < -0.3 is 31.6 Å². The first-order chi connectivity index (χ1) is 14.2. The summed E-state index contributed by atoms with van der Waals surface area (Å²) >= 11 is 0. The lowest BCUT2D eigenvalue weighted by molar-refractivity contribution is -0.660. The number of aldehydes is 2. The predicted octanol–water partition coefficient (Wildman–Crippen LogP) is -0.0989. The van der Waals surface area contributed by atoms with Crippen LogP contribution in [-0.4, -0.2) is 47.5 Å². The maximum absolute atomic E-state index is 11.5. The first-order valence-corrected chi connectivity index (χ1v) is 10.2. The van der Waals surface area contributed by atoms with Crippen molar-refractivity contribution in [3.8, 4) is 0 Å². The minimum absolute atomic E-state index is 0.175. The van der Waals surface area contributed by atoms with Crippen molar-refractivity contribution in [1.29, 1.82) is 0 Å². The quantitative estimate of drug-likeness (QED) is 0.158. The number of rotatable bonds is 15. The number of nitrogens with one attached hydrogen (secondary N) is 2. The molecule has 2 atom stereocenters. The van der Waals surface area contributed by atoms with E-state index in [1.54, 1.807) is 9.35 Å². The lowest BCUT2D eigenvalue weighted by Crippen LogP contribution is -2.53. The molecule has 0 radical (unpaired) electrons. The zero-order valence-electron chi connectivity index (χ0n) is 16.8. The van der Waals surface area contributed by atoms with Crippen LogP contribution in [-0.2, 0) is 16.2 Å². The normalized spacial score (nSPS) is 13.2. The van der Waals surface area contributed by atoms with E-state index in [1.165, 1.54) is 0 Å². The second-order valence-electron chi connectivity index (χ2n) is 7.13. The van der Waals surface area contributed by atoms with Gasteiger partial charge in [-0.1, -0.05) is 4.68 Å². The summed E-state index contributed by atoms with van der Waals surface area (Å²) in [5, 5.41) is 10.7. The van der Waals surface area contributed by atoms with E-state index in [1.807, 2.05) is 24.5 Å². The molecule has 2 aromatic heterocycles. The van der Waals surface area contributed by atoms with Gasteiger partial charge in [0.25, 0.3) is 0 Å². The maximum atomic E-state index is 11.5. The highest BCUT2D eigenvalue weighted by molar-refractivity contribution is 5.79. The number of pyridine rings is 1. The molecule has 160 valence electrons. The van der Waals surface area contributed by atoms with E-state index in [0.717, 1.165) is 49.2 Å². The van der Waals surface area contributed by atoms with Gasteiger partial charge in [0.2, 0.25) is 11.9 Å². The van der Waals surface area contributed by atoms with Crippen molar-refractivity contribution >= 4 is 23.5 Å². The number of nitrogens with two attached hydrogens (primary N) is 2. The van der Waals surface area contributed by atoms with Crippen LogP contribution in [0.25, 0.3) is 10.9 Å². The number of carbonyl (C=O) groups excluding carboxylic acids is 2. The summed E-state index contributed by atoms with van der Waals surface area (Å²) in [4.78, 5) is 22.9. The molecule has 0 bridgehead atoms. The monoisotopic (exact) mass is 405 g/mol. The van der Waals surface area contributed by atoms with Crippen LogP contribution in [0.1, 0.15) is 44.2 Å². The summed E-state index contributed by atoms with van der Waals surface area (Å²) in [5.41, 5.74) is 18.9. The first kappa shape index (κ1) is 22.8. The van der Waals surface area contributed by atoms with Crippen LogP contribution in [0.5, 0.6) is 0 Å². The molecule has 0 unspecified atom stereocenters. The molecule has 0 amide bonds. The van der Waals surface area contributed by atoms with Crippen LogP contribution in [0.2, 0.25) is 0 Å². The van der Waals surface area contributed by atoms with E-state index in [0.29, 0.717) is 31.6 Å². The molecule has 29 heavy (non-hydrogen) atoms. The Balaban J connectivity index is 2.21. The van der Waals surface area contributed by atoms with E-state index >= 15 is 0 Å². The second kappa shape index (κ2) is 12.2. The zero-order chi connectivity index (χ0) is 21.1. The van der Waals surface area contributed by atoms with E-state index < -0.39 is 0 Å². The molecule has 2 heterocycles. The average molecular weight is 406 g/mol. The lowest BCUT2D eigenvalue weighted by Gasteiger charge is -2.16. The van der Waals surface area contributed by atoms with Gasteiger partial charge in [0, 0.05) is 17.6 Å². The molecule has 9 heteroatoms. The third kappa shape index (κ3) is 6.52. The van der Waals surface area contributed by atoms with Gasteiger partial charge in [0.15, 0.2) is 0 Å². The Labute approximate surface area is 171 Å². The molecule has 9 nitrogen and oxygen atoms in total. The summed E-state index contributed by atoms with van der Waals surface area (Å²) in [6, 6.07) is 3.05. The van der Waals surface area contributed by atoms with Crippen LogP contribution in [0.15, 0.2) is 24.5 Å². The first-order valence-electron chi connectivity index (χ1n) is 10.2. The Morgan fingerprint density at radius 1 is 1.07 bits per heavy atom. The van der Waals surface area contributed by atoms with Gasteiger partial charge in [-0.3, -0.25) is 4.68 Å². The van der Waals surface area contributed by atoms with E-state index in [9.17, 15) is 14.7 Å². The highest BCUT2D eigenvalue weighted by Gasteiger charge is 2.19. The molecule has 0 aliphatic heterocycles. The average Bonchev–Trinajstić information content (AvgIpc) is 3.13. The summed E-state index contributed by atoms with van der Waals surface area (Å²) in [5.74, 6) is 0. The molecule has 7 N–H and O–H groups in total. The molecular weight excluding hydrogens is 372 g/mol. The van der Waals surface area contributed by atoms with Gasteiger partial charge >= 0.3 is 0 Å².